The number of methoxy groups -OCH3 is 1. The summed E-state index contributed by atoms with van der Waals surface area (Å²) in [4.78, 5) is 32.3. The van der Waals surface area contributed by atoms with Gasteiger partial charge >= 0.3 is 0 Å². The first-order valence-corrected chi connectivity index (χ1v) is 13.5. The fraction of sp³-hybridized carbons (Fsp3) is 0.400. The Labute approximate surface area is 223 Å². The lowest BCUT2D eigenvalue weighted by Gasteiger charge is -2.40. The SMILES string of the molecule is COc1ccccc1C(=O)N(CC(=O)N1CCc2sccc2[C@@H]1COc1ccc(C)cc1C)C(C)(C)C. The second-order valence-electron chi connectivity index (χ2n) is 10.5. The maximum Gasteiger partial charge on any atom is 0.258 e. The summed E-state index contributed by atoms with van der Waals surface area (Å²) in [7, 11) is 1.55. The van der Waals surface area contributed by atoms with Gasteiger partial charge in [0.05, 0.1) is 18.7 Å². The van der Waals surface area contributed by atoms with E-state index in [0.717, 1.165) is 23.3 Å². The van der Waals surface area contributed by atoms with Gasteiger partial charge in [0.25, 0.3) is 5.91 Å². The topological polar surface area (TPSA) is 59.1 Å². The van der Waals surface area contributed by atoms with Crippen molar-refractivity contribution < 1.29 is 19.1 Å². The minimum Gasteiger partial charge on any atom is -0.496 e. The summed E-state index contributed by atoms with van der Waals surface area (Å²) < 4.78 is 11.7. The zero-order valence-corrected chi connectivity index (χ0v) is 23.4. The Morgan fingerprint density at radius 3 is 2.54 bits per heavy atom. The zero-order valence-electron chi connectivity index (χ0n) is 22.5. The average Bonchev–Trinajstić information content (AvgIpc) is 3.34. The number of rotatable bonds is 7. The highest BCUT2D eigenvalue weighted by Gasteiger charge is 2.36. The third-order valence-corrected chi connectivity index (χ3v) is 7.82. The van der Waals surface area contributed by atoms with Gasteiger partial charge in [0.15, 0.2) is 0 Å². The maximum absolute atomic E-state index is 13.9. The lowest BCUT2D eigenvalue weighted by molar-refractivity contribution is -0.136. The van der Waals surface area contributed by atoms with Crippen LogP contribution in [0.3, 0.4) is 0 Å². The molecule has 3 aromatic rings. The Balaban J connectivity index is 1.59. The molecule has 2 amide bonds. The lowest BCUT2D eigenvalue weighted by atomic mass is 9.99. The minimum absolute atomic E-state index is 0.0279. The molecule has 6 nitrogen and oxygen atoms in total. The number of hydrogen-bond donors (Lipinski definition) is 0. The molecule has 37 heavy (non-hydrogen) atoms. The van der Waals surface area contributed by atoms with Gasteiger partial charge in [-0.2, -0.15) is 0 Å². The molecule has 1 aliphatic rings. The number of carbonyl (C=O) groups is 2. The van der Waals surface area contributed by atoms with Crippen LogP contribution in [0.5, 0.6) is 11.5 Å². The molecule has 0 radical (unpaired) electrons. The third-order valence-electron chi connectivity index (χ3n) is 6.83. The largest absolute Gasteiger partial charge is 0.496 e. The molecule has 196 valence electrons. The van der Waals surface area contributed by atoms with E-state index in [1.807, 2.05) is 56.9 Å². The number of nitrogens with zero attached hydrogens (tertiary/aromatic N) is 2. The van der Waals surface area contributed by atoms with Crippen LogP contribution in [0.4, 0.5) is 0 Å². The van der Waals surface area contributed by atoms with Gasteiger partial charge in [-0.05, 0) is 81.8 Å². The Hall–Kier alpha value is -3.32. The van der Waals surface area contributed by atoms with Crippen molar-refractivity contribution in [3.05, 3.63) is 81.0 Å². The van der Waals surface area contributed by atoms with Crippen molar-refractivity contribution in [1.82, 2.24) is 9.80 Å². The Morgan fingerprint density at radius 2 is 1.84 bits per heavy atom. The van der Waals surface area contributed by atoms with Gasteiger partial charge in [0.1, 0.15) is 24.7 Å². The van der Waals surface area contributed by atoms with Crippen LogP contribution in [0.1, 0.15) is 58.7 Å². The summed E-state index contributed by atoms with van der Waals surface area (Å²) in [5.41, 5.74) is 3.26. The summed E-state index contributed by atoms with van der Waals surface area (Å²) in [6, 6.07) is 15.1. The van der Waals surface area contributed by atoms with Gasteiger partial charge < -0.3 is 19.3 Å². The summed E-state index contributed by atoms with van der Waals surface area (Å²) in [6.07, 6.45) is 0.800. The molecule has 0 saturated heterocycles. The first-order valence-electron chi connectivity index (χ1n) is 12.6. The van der Waals surface area contributed by atoms with Crippen LogP contribution in [-0.4, -0.2) is 54.0 Å². The fourth-order valence-electron chi connectivity index (χ4n) is 4.81. The predicted molar refractivity (Wildman–Crippen MR) is 148 cm³/mol. The number of amides is 2. The maximum atomic E-state index is 13.9. The molecule has 0 N–H and O–H groups in total. The van der Waals surface area contributed by atoms with Gasteiger partial charge in [-0.15, -0.1) is 11.3 Å². The van der Waals surface area contributed by atoms with E-state index in [1.54, 1.807) is 35.5 Å². The number of hydrogen-bond acceptors (Lipinski definition) is 5. The molecule has 0 fully saturated rings. The number of fused-ring (bicyclic) bond motifs is 1. The first kappa shape index (κ1) is 26.7. The summed E-state index contributed by atoms with van der Waals surface area (Å²) >= 11 is 1.72. The van der Waals surface area contributed by atoms with Crippen LogP contribution in [0.25, 0.3) is 0 Å². The van der Waals surface area contributed by atoms with Gasteiger partial charge in [-0.25, -0.2) is 0 Å². The van der Waals surface area contributed by atoms with Crippen LogP contribution in [0.2, 0.25) is 0 Å². The van der Waals surface area contributed by atoms with Crippen LogP contribution in [0, 0.1) is 13.8 Å². The Kier molecular flexibility index (Phi) is 7.93. The van der Waals surface area contributed by atoms with Crippen molar-refractivity contribution in [3.8, 4) is 11.5 Å². The summed E-state index contributed by atoms with van der Waals surface area (Å²) in [5.74, 6) is 0.997. The van der Waals surface area contributed by atoms with Gasteiger partial charge in [-0.3, -0.25) is 9.59 Å². The molecule has 0 saturated carbocycles. The number of aryl methyl sites for hydroxylation is 2. The third kappa shape index (κ3) is 5.82. The van der Waals surface area contributed by atoms with Crippen LogP contribution in [-0.2, 0) is 11.2 Å². The van der Waals surface area contributed by atoms with Gasteiger partial charge in [0.2, 0.25) is 5.91 Å². The number of carbonyl (C=O) groups excluding carboxylic acids is 2. The molecule has 1 atom stereocenters. The Bertz CT molecular complexity index is 1280. The number of para-hydroxylation sites is 1. The molecule has 4 rings (SSSR count). The van der Waals surface area contributed by atoms with E-state index >= 15 is 0 Å². The highest BCUT2D eigenvalue weighted by atomic mass is 32.1. The van der Waals surface area contributed by atoms with E-state index in [4.69, 9.17) is 9.47 Å². The summed E-state index contributed by atoms with van der Waals surface area (Å²) in [6.45, 7) is 10.9. The van der Waals surface area contributed by atoms with Crippen molar-refractivity contribution in [2.75, 3.05) is 26.8 Å². The second-order valence-corrected chi connectivity index (χ2v) is 11.5. The monoisotopic (exact) mass is 520 g/mol. The molecule has 7 heteroatoms. The van der Waals surface area contributed by atoms with Crippen molar-refractivity contribution in [1.29, 1.82) is 0 Å². The highest BCUT2D eigenvalue weighted by molar-refractivity contribution is 7.10. The quantitative estimate of drug-likeness (QED) is 0.394. The molecule has 2 heterocycles. The van der Waals surface area contributed by atoms with E-state index in [9.17, 15) is 9.59 Å². The number of benzene rings is 2. The predicted octanol–water partition coefficient (Wildman–Crippen LogP) is 5.82. The molecule has 0 aliphatic carbocycles. The molecule has 1 aromatic heterocycles. The van der Waals surface area contributed by atoms with Gasteiger partial charge in [-0.1, -0.05) is 29.8 Å². The summed E-state index contributed by atoms with van der Waals surface area (Å²) in [5, 5.41) is 2.08. The first-order chi connectivity index (χ1) is 17.6. The average molecular weight is 521 g/mol. The molecular formula is C30H36N2O4S. The highest BCUT2D eigenvalue weighted by Crippen LogP contribution is 2.35. The molecule has 0 spiro atoms. The molecule has 0 unspecified atom stereocenters. The van der Waals surface area contributed by atoms with Crippen LogP contribution < -0.4 is 9.47 Å². The standard InChI is InChI=1S/C30H36N2O4S/c1-20-11-12-25(21(2)17-20)36-19-24-22-14-16-37-27(22)13-15-31(24)28(33)18-32(30(3,4)5)29(34)23-9-7-8-10-26(23)35-6/h7-12,14,16-17,24H,13,15,18-19H2,1-6H3/t24-/m0/s1. The van der Waals surface area contributed by atoms with Crippen LogP contribution >= 0.6 is 11.3 Å². The number of ether oxygens (including phenoxy) is 2. The normalized spacial score (nSPS) is 15.2. The van der Waals surface area contributed by atoms with Crippen molar-refractivity contribution in [3.63, 3.8) is 0 Å². The molecule has 2 aromatic carbocycles. The van der Waals surface area contributed by atoms with Crippen molar-refractivity contribution >= 4 is 23.2 Å². The van der Waals surface area contributed by atoms with E-state index in [2.05, 4.69) is 24.4 Å². The molecular weight excluding hydrogens is 484 g/mol. The zero-order chi connectivity index (χ0) is 26.7. The molecule has 0 bridgehead atoms. The Morgan fingerprint density at radius 1 is 1.08 bits per heavy atom. The van der Waals surface area contributed by atoms with Crippen molar-refractivity contribution in [2.45, 2.75) is 52.6 Å². The second kappa shape index (κ2) is 11.0. The molecule has 1 aliphatic heterocycles. The van der Waals surface area contributed by atoms with Crippen LogP contribution in [0.15, 0.2) is 53.9 Å². The van der Waals surface area contributed by atoms with E-state index in [-0.39, 0.29) is 24.4 Å². The van der Waals surface area contributed by atoms with E-state index in [0.29, 0.717) is 24.5 Å². The lowest BCUT2D eigenvalue weighted by Crippen LogP contribution is -2.53. The van der Waals surface area contributed by atoms with Crippen molar-refractivity contribution in [2.24, 2.45) is 0 Å². The van der Waals surface area contributed by atoms with E-state index in [1.165, 1.54) is 10.4 Å². The smallest absolute Gasteiger partial charge is 0.258 e. The fourth-order valence-corrected chi connectivity index (χ4v) is 5.74. The number of thiophene rings is 1. The van der Waals surface area contributed by atoms with Gasteiger partial charge in [0, 0.05) is 17.0 Å². The minimum atomic E-state index is -0.568. The van der Waals surface area contributed by atoms with E-state index < -0.39 is 5.54 Å².